The summed E-state index contributed by atoms with van der Waals surface area (Å²) in [6.45, 7) is 8.84. The predicted molar refractivity (Wildman–Crippen MR) is 94.8 cm³/mol. The molecule has 23 heavy (non-hydrogen) atoms. The highest BCUT2D eigenvalue weighted by molar-refractivity contribution is 5.93. The number of hydrogen-bond donors (Lipinski definition) is 1. The van der Waals surface area contributed by atoms with Crippen LogP contribution in [0.3, 0.4) is 0 Å². The van der Waals surface area contributed by atoms with E-state index < -0.39 is 0 Å². The molecule has 3 rings (SSSR count). The van der Waals surface area contributed by atoms with Crippen LogP contribution >= 0.6 is 0 Å². The van der Waals surface area contributed by atoms with Crippen LogP contribution in [-0.2, 0) is 4.79 Å². The van der Waals surface area contributed by atoms with Gasteiger partial charge in [-0.3, -0.25) is 14.6 Å². The third kappa shape index (κ3) is 4.33. The fraction of sp³-hybridized carbons (Fsp3) is 0.632. The van der Waals surface area contributed by atoms with Crippen molar-refractivity contribution in [2.24, 2.45) is 0 Å². The van der Waals surface area contributed by atoms with Gasteiger partial charge in [0.1, 0.15) is 0 Å². The maximum atomic E-state index is 12.3. The van der Waals surface area contributed by atoms with Crippen LogP contribution in [0.2, 0.25) is 0 Å². The Bertz CT molecular complexity index is 544. The summed E-state index contributed by atoms with van der Waals surface area (Å²) in [4.78, 5) is 17.2. The van der Waals surface area contributed by atoms with Crippen LogP contribution in [0.4, 0.5) is 5.69 Å². The molecule has 1 heterocycles. The van der Waals surface area contributed by atoms with E-state index in [1.165, 1.54) is 31.2 Å². The zero-order valence-corrected chi connectivity index (χ0v) is 14.5. The van der Waals surface area contributed by atoms with E-state index in [2.05, 4.69) is 34.2 Å². The van der Waals surface area contributed by atoms with Gasteiger partial charge in [0.2, 0.25) is 5.91 Å². The summed E-state index contributed by atoms with van der Waals surface area (Å²) in [5.74, 6) is 0.105. The molecule has 1 amide bonds. The molecule has 0 atom stereocenters. The minimum atomic E-state index is 0.105. The number of piperazine rings is 1. The minimum Gasteiger partial charge on any atom is -0.325 e. The molecule has 0 unspecified atom stereocenters. The summed E-state index contributed by atoms with van der Waals surface area (Å²) in [5.41, 5.74) is 3.24. The second-order valence-electron chi connectivity index (χ2n) is 7.12. The van der Waals surface area contributed by atoms with Crippen molar-refractivity contribution in [3.05, 3.63) is 29.3 Å². The highest BCUT2D eigenvalue weighted by atomic mass is 16.2. The van der Waals surface area contributed by atoms with Gasteiger partial charge in [-0.25, -0.2) is 0 Å². The Morgan fingerprint density at radius 3 is 2.52 bits per heavy atom. The number of amides is 1. The average molecular weight is 315 g/mol. The SMILES string of the molecule is Cc1ccc(C)c(NC(=O)CN2CCN(C3CCCC3)CC2)c1. The van der Waals surface area contributed by atoms with Crippen molar-refractivity contribution in [3.63, 3.8) is 0 Å². The topological polar surface area (TPSA) is 35.6 Å². The Hall–Kier alpha value is -1.39. The van der Waals surface area contributed by atoms with E-state index >= 15 is 0 Å². The normalized spacial score (nSPS) is 20.8. The number of aryl methyl sites for hydroxylation is 2. The lowest BCUT2D eigenvalue weighted by molar-refractivity contribution is -0.117. The number of nitrogens with zero attached hydrogens (tertiary/aromatic N) is 2. The van der Waals surface area contributed by atoms with Gasteiger partial charge < -0.3 is 5.32 Å². The first-order valence-corrected chi connectivity index (χ1v) is 8.95. The molecule has 4 heteroatoms. The molecule has 1 saturated carbocycles. The van der Waals surface area contributed by atoms with Gasteiger partial charge in [-0.15, -0.1) is 0 Å². The monoisotopic (exact) mass is 315 g/mol. The molecule has 0 aromatic heterocycles. The molecule has 0 radical (unpaired) electrons. The van der Waals surface area contributed by atoms with Crippen LogP contribution < -0.4 is 5.32 Å². The highest BCUT2D eigenvalue weighted by Gasteiger charge is 2.26. The molecule has 126 valence electrons. The molecule has 0 bridgehead atoms. The van der Waals surface area contributed by atoms with Gasteiger partial charge >= 0.3 is 0 Å². The Balaban J connectivity index is 1.46. The summed E-state index contributed by atoms with van der Waals surface area (Å²) in [5, 5.41) is 3.07. The lowest BCUT2D eigenvalue weighted by atomic mass is 10.1. The Labute approximate surface area is 139 Å². The molecular weight excluding hydrogens is 286 g/mol. The third-order valence-electron chi connectivity index (χ3n) is 5.28. The number of carbonyl (C=O) groups excluding carboxylic acids is 1. The van der Waals surface area contributed by atoms with Crippen molar-refractivity contribution >= 4 is 11.6 Å². The van der Waals surface area contributed by atoms with E-state index in [0.717, 1.165) is 43.5 Å². The molecule has 2 aliphatic rings. The lowest BCUT2D eigenvalue weighted by Crippen LogP contribution is -2.51. The second kappa shape index (κ2) is 7.45. The maximum absolute atomic E-state index is 12.3. The first-order chi connectivity index (χ1) is 11.1. The van der Waals surface area contributed by atoms with Crippen molar-refractivity contribution in [2.45, 2.75) is 45.6 Å². The van der Waals surface area contributed by atoms with Gasteiger partial charge in [0.25, 0.3) is 0 Å². The van der Waals surface area contributed by atoms with E-state index in [0.29, 0.717) is 6.54 Å². The van der Waals surface area contributed by atoms with Gasteiger partial charge in [-0.1, -0.05) is 25.0 Å². The van der Waals surface area contributed by atoms with Crippen LogP contribution in [0, 0.1) is 13.8 Å². The van der Waals surface area contributed by atoms with Gasteiger partial charge in [0, 0.05) is 37.9 Å². The molecule has 2 fully saturated rings. The molecule has 1 aliphatic heterocycles. The Morgan fingerprint density at radius 2 is 1.83 bits per heavy atom. The summed E-state index contributed by atoms with van der Waals surface area (Å²) >= 11 is 0. The molecular formula is C19H29N3O. The van der Waals surface area contributed by atoms with Crippen molar-refractivity contribution in [1.29, 1.82) is 0 Å². The fourth-order valence-corrected chi connectivity index (χ4v) is 3.82. The molecule has 1 N–H and O–H groups in total. The molecule has 1 aliphatic carbocycles. The number of rotatable bonds is 4. The molecule has 0 spiro atoms. The van der Waals surface area contributed by atoms with Gasteiger partial charge in [-0.05, 0) is 43.9 Å². The number of hydrogen-bond acceptors (Lipinski definition) is 3. The van der Waals surface area contributed by atoms with Crippen LogP contribution in [-0.4, -0.2) is 54.5 Å². The quantitative estimate of drug-likeness (QED) is 0.928. The third-order valence-corrected chi connectivity index (χ3v) is 5.28. The average Bonchev–Trinajstić information content (AvgIpc) is 3.06. The van der Waals surface area contributed by atoms with Crippen LogP contribution in [0.15, 0.2) is 18.2 Å². The fourth-order valence-electron chi connectivity index (χ4n) is 3.82. The van der Waals surface area contributed by atoms with Gasteiger partial charge in [-0.2, -0.15) is 0 Å². The van der Waals surface area contributed by atoms with E-state index in [1.807, 2.05) is 13.0 Å². The second-order valence-corrected chi connectivity index (χ2v) is 7.12. The lowest BCUT2D eigenvalue weighted by Gasteiger charge is -2.37. The minimum absolute atomic E-state index is 0.105. The maximum Gasteiger partial charge on any atom is 0.238 e. The van der Waals surface area contributed by atoms with Crippen molar-refractivity contribution in [3.8, 4) is 0 Å². The van der Waals surface area contributed by atoms with E-state index in [4.69, 9.17) is 0 Å². The van der Waals surface area contributed by atoms with Crippen molar-refractivity contribution < 1.29 is 4.79 Å². The van der Waals surface area contributed by atoms with E-state index in [-0.39, 0.29) is 5.91 Å². The molecule has 1 aromatic rings. The van der Waals surface area contributed by atoms with E-state index in [9.17, 15) is 4.79 Å². The zero-order chi connectivity index (χ0) is 16.2. The number of benzene rings is 1. The largest absolute Gasteiger partial charge is 0.325 e. The Kier molecular flexibility index (Phi) is 5.34. The van der Waals surface area contributed by atoms with Crippen molar-refractivity contribution in [2.75, 3.05) is 38.0 Å². The summed E-state index contributed by atoms with van der Waals surface area (Å²) in [6, 6.07) is 6.99. The summed E-state index contributed by atoms with van der Waals surface area (Å²) in [7, 11) is 0. The molecule has 1 saturated heterocycles. The highest BCUT2D eigenvalue weighted by Crippen LogP contribution is 2.24. The zero-order valence-electron chi connectivity index (χ0n) is 14.5. The number of carbonyl (C=O) groups is 1. The van der Waals surface area contributed by atoms with E-state index in [1.54, 1.807) is 0 Å². The first-order valence-electron chi connectivity index (χ1n) is 8.95. The number of nitrogens with one attached hydrogen (secondary N) is 1. The van der Waals surface area contributed by atoms with Gasteiger partial charge in [0.15, 0.2) is 0 Å². The van der Waals surface area contributed by atoms with Gasteiger partial charge in [0.05, 0.1) is 6.54 Å². The van der Waals surface area contributed by atoms with Crippen molar-refractivity contribution in [1.82, 2.24) is 9.80 Å². The summed E-state index contributed by atoms with van der Waals surface area (Å²) in [6.07, 6.45) is 5.52. The van der Waals surface area contributed by atoms with Crippen LogP contribution in [0.25, 0.3) is 0 Å². The Morgan fingerprint density at radius 1 is 1.13 bits per heavy atom. The standard InChI is InChI=1S/C19H29N3O/c1-15-7-8-16(2)18(13-15)20-19(23)14-21-9-11-22(12-10-21)17-5-3-4-6-17/h7-8,13,17H,3-6,9-12,14H2,1-2H3,(H,20,23). The molecule has 4 nitrogen and oxygen atoms in total. The number of anilines is 1. The molecule has 1 aromatic carbocycles. The van der Waals surface area contributed by atoms with Crippen LogP contribution in [0.5, 0.6) is 0 Å². The summed E-state index contributed by atoms with van der Waals surface area (Å²) < 4.78 is 0. The van der Waals surface area contributed by atoms with Crippen LogP contribution in [0.1, 0.15) is 36.8 Å². The first kappa shape index (κ1) is 16.5. The predicted octanol–water partition coefficient (Wildman–Crippen LogP) is 2.80. The smallest absolute Gasteiger partial charge is 0.238 e.